The highest BCUT2D eigenvalue weighted by Gasteiger charge is 2.15. The van der Waals surface area contributed by atoms with Gasteiger partial charge in [-0.1, -0.05) is 36.4 Å². The number of fused-ring (bicyclic) bond motifs is 1. The summed E-state index contributed by atoms with van der Waals surface area (Å²) in [6.45, 7) is 4.05. The highest BCUT2D eigenvalue weighted by atomic mass is 16.5. The fraction of sp³-hybridized carbons (Fsp3) is 0.227. The molecule has 4 aromatic rings. The van der Waals surface area contributed by atoms with Crippen LogP contribution in [-0.4, -0.2) is 46.1 Å². The quantitative estimate of drug-likeness (QED) is 0.568. The van der Waals surface area contributed by atoms with Gasteiger partial charge in [0.2, 0.25) is 0 Å². The summed E-state index contributed by atoms with van der Waals surface area (Å²) in [7, 11) is 0. The van der Waals surface area contributed by atoms with Gasteiger partial charge in [-0.2, -0.15) is 5.10 Å². The topological polar surface area (TPSA) is 68.1 Å². The normalized spacial score (nSPS) is 14.3. The zero-order chi connectivity index (χ0) is 19.5. The van der Waals surface area contributed by atoms with Crippen LogP contribution in [0.15, 0.2) is 67.1 Å². The average Bonchev–Trinajstić information content (AvgIpc) is 3.24. The van der Waals surface area contributed by atoms with Crippen LogP contribution in [0.4, 0.5) is 11.5 Å². The van der Waals surface area contributed by atoms with Gasteiger partial charge in [-0.05, 0) is 23.8 Å². The van der Waals surface area contributed by atoms with E-state index in [-0.39, 0.29) is 0 Å². The number of aromatic nitrogens is 4. The molecule has 29 heavy (non-hydrogen) atoms. The Balaban J connectivity index is 1.42. The summed E-state index contributed by atoms with van der Waals surface area (Å²) in [6, 6.07) is 18.5. The Morgan fingerprint density at radius 3 is 2.59 bits per heavy atom. The van der Waals surface area contributed by atoms with Crippen LogP contribution >= 0.6 is 0 Å². The first-order chi connectivity index (χ1) is 14.4. The molecule has 5 rings (SSSR count). The molecule has 146 valence electrons. The van der Waals surface area contributed by atoms with E-state index in [1.165, 1.54) is 11.3 Å². The highest BCUT2D eigenvalue weighted by Crippen LogP contribution is 2.25. The number of nitrogens with zero attached hydrogens (tertiary/aromatic N) is 5. The Hall–Kier alpha value is -3.45. The molecule has 3 heterocycles. The van der Waals surface area contributed by atoms with E-state index in [1.807, 2.05) is 41.2 Å². The molecule has 0 atom stereocenters. The standard InChI is InChI=1S/C22H22N6O/c1-2-7-18(8-3-1)28-22-19(15-26-28)21(24-16-25-22)23-14-17-6-4-5-9-20(17)27-10-12-29-13-11-27/h1-9,15-16H,10-14H2,(H,23,24,25). The summed E-state index contributed by atoms with van der Waals surface area (Å²) in [5, 5.41) is 8.91. The average molecular weight is 386 g/mol. The van der Waals surface area contributed by atoms with Gasteiger partial charge in [-0.15, -0.1) is 0 Å². The van der Waals surface area contributed by atoms with Crippen molar-refractivity contribution in [1.82, 2.24) is 19.7 Å². The van der Waals surface area contributed by atoms with Gasteiger partial charge in [0.05, 0.1) is 30.5 Å². The van der Waals surface area contributed by atoms with Crippen LogP contribution in [0, 0.1) is 0 Å². The molecule has 1 saturated heterocycles. The Kier molecular flexibility index (Phi) is 4.80. The Morgan fingerprint density at radius 2 is 1.72 bits per heavy atom. The third-order valence-corrected chi connectivity index (χ3v) is 5.16. The second-order valence-corrected chi connectivity index (χ2v) is 6.93. The molecule has 1 N–H and O–H groups in total. The molecule has 0 amide bonds. The maximum Gasteiger partial charge on any atom is 0.168 e. The molecular weight excluding hydrogens is 364 g/mol. The third kappa shape index (κ3) is 3.52. The number of benzene rings is 2. The molecule has 0 aliphatic carbocycles. The number of hydrogen-bond donors (Lipinski definition) is 1. The molecule has 7 heteroatoms. The molecule has 0 spiro atoms. The molecule has 0 bridgehead atoms. The first-order valence-corrected chi connectivity index (χ1v) is 9.79. The van der Waals surface area contributed by atoms with Gasteiger partial charge in [0.25, 0.3) is 0 Å². The lowest BCUT2D eigenvalue weighted by Crippen LogP contribution is -2.36. The van der Waals surface area contributed by atoms with Gasteiger partial charge in [0, 0.05) is 25.3 Å². The summed E-state index contributed by atoms with van der Waals surface area (Å²) >= 11 is 0. The van der Waals surface area contributed by atoms with E-state index in [2.05, 4.69) is 49.5 Å². The van der Waals surface area contributed by atoms with Gasteiger partial charge in [0.1, 0.15) is 12.1 Å². The zero-order valence-electron chi connectivity index (χ0n) is 16.0. The van der Waals surface area contributed by atoms with Crippen molar-refractivity contribution < 1.29 is 4.74 Å². The van der Waals surface area contributed by atoms with Crippen molar-refractivity contribution in [3.8, 4) is 5.69 Å². The van der Waals surface area contributed by atoms with Crippen LogP contribution in [-0.2, 0) is 11.3 Å². The first kappa shape index (κ1) is 17.6. The van der Waals surface area contributed by atoms with Crippen molar-refractivity contribution in [1.29, 1.82) is 0 Å². The van der Waals surface area contributed by atoms with E-state index in [9.17, 15) is 0 Å². The van der Waals surface area contributed by atoms with Crippen LogP contribution < -0.4 is 10.2 Å². The van der Waals surface area contributed by atoms with E-state index in [0.29, 0.717) is 6.54 Å². The largest absolute Gasteiger partial charge is 0.378 e. The van der Waals surface area contributed by atoms with Crippen LogP contribution in [0.2, 0.25) is 0 Å². The molecule has 0 radical (unpaired) electrons. The summed E-state index contributed by atoms with van der Waals surface area (Å²) < 4.78 is 7.33. The lowest BCUT2D eigenvalue weighted by Gasteiger charge is -2.30. The number of para-hydroxylation sites is 2. The van der Waals surface area contributed by atoms with E-state index in [4.69, 9.17) is 4.74 Å². The van der Waals surface area contributed by atoms with E-state index < -0.39 is 0 Å². The fourth-order valence-electron chi connectivity index (χ4n) is 3.70. The summed E-state index contributed by atoms with van der Waals surface area (Å²) in [5.41, 5.74) is 4.24. The molecule has 0 unspecified atom stereocenters. The lowest BCUT2D eigenvalue weighted by atomic mass is 10.1. The molecule has 2 aromatic heterocycles. The molecular formula is C22H22N6O. The maximum absolute atomic E-state index is 5.49. The number of hydrogen-bond acceptors (Lipinski definition) is 6. The summed E-state index contributed by atoms with van der Waals surface area (Å²) in [4.78, 5) is 11.3. The van der Waals surface area contributed by atoms with Crippen molar-refractivity contribution in [3.05, 3.63) is 72.7 Å². The predicted molar refractivity (Wildman–Crippen MR) is 113 cm³/mol. The van der Waals surface area contributed by atoms with Crippen LogP contribution in [0.25, 0.3) is 16.7 Å². The number of rotatable bonds is 5. The predicted octanol–water partition coefficient (Wildman–Crippen LogP) is 3.26. The molecule has 2 aromatic carbocycles. The number of nitrogens with one attached hydrogen (secondary N) is 1. The SMILES string of the molecule is c1ccc(-n2ncc3c(NCc4ccccc4N4CCOCC4)ncnc32)cc1. The van der Waals surface area contributed by atoms with Crippen LogP contribution in [0.3, 0.4) is 0 Å². The summed E-state index contributed by atoms with van der Waals surface area (Å²) in [6.07, 6.45) is 3.40. The first-order valence-electron chi connectivity index (χ1n) is 9.79. The Morgan fingerprint density at radius 1 is 0.931 bits per heavy atom. The smallest absolute Gasteiger partial charge is 0.168 e. The molecule has 1 fully saturated rings. The second-order valence-electron chi connectivity index (χ2n) is 6.93. The van der Waals surface area contributed by atoms with Crippen molar-refractivity contribution in [2.45, 2.75) is 6.54 Å². The second kappa shape index (κ2) is 7.89. The molecule has 1 aliphatic rings. The van der Waals surface area contributed by atoms with E-state index in [0.717, 1.165) is 48.8 Å². The zero-order valence-corrected chi connectivity index (χ0v) is 16.0. The number of anilines is 2. The number of morpholine rings is 1. The van der Waals surface area contributed by atoms with Crippen molar-refractivity contribution in [2.75, 3.05) is 36.5 Å². The minimum absolute atomic E-state index is 0.677. The monoisotopic (exact) mass is 386 g/mol. The molecule has 7 nitrogen and oxygen atoms in total. The maximum atomic E-state index is 5.49. The minimum Gasteiger partial charge on any atom is -0.378 e. The van der Waals surface area contributed by atoms with Crippen molar-refractivity contribution in [2.24, 2.45) is 0 Å². The van der Waals surface area contributed by atoms with Crippen molar-refractivity contribution >= 4 is 22.5 Å². The van der Waals surface area contributed by atoms with E-state index in [1.54, 1.807) is 6.33 Å². The summed E-state index contributed by atoms with van der Waals surface area (Å²) in [5.74, 6) is 0.786. The van der Waals surface area contributed by atoms with Gasteiger partial charge in [-0.3, -0.25) is 0 Å². The van der Waals surface area contributed by atoms with Gasteiger partial charge in [-0.25, -0.2) is 14.6 Å². The third-order valence-electron chi connectivity index (χ3n) is 5.16. The number of ether oxygens (including phenoxy) is 1. The van der Waals surface area contributed by atoms with Gasteiger partial charge < -0.3 is 15.0 Å². The lowest BCUT2D eigenvalue weighted by molar-refractivity contribution is 0.122. The fourth-order valence-corrected chi connectivity index (χ4v) is 3.70. The van der Waals surface area contributed by atoms with Gasteiger partial charge >= 0.3 is 0 Å². The minimum atomic E-state index is 0.677. The molecule has 0 saturated carbocycles. The van der Waals surface area contributed by atoms with Crippen molar-refractivity contribution in [3.63, 3.8) is 0 Å². The van der Waals surface area contributed by atoms with Crippen LogP contribution in [0.1, 0.15) is 5.56 Å². The van der Waals surface area contributed by atoms with Gasteiger partial charge in [0.15, 0.2) is 5.65 Å². The van der Waals surface area contributed by atoms with Crippen LogP contribution in [0.5, 0.6) is 0 Å². The highest BCUT2D eigenvalue weighted by molar-refractivity contribution is 5.87. The Bertz CT molecular complexity index is 1100. The Labute approximate surface area is 169 Å². The van der Waals surface area contributed by atoms with E-state index >= 15 is 0 Å². The molecule has 1 aliphatic heterocycles.